The molecule has 0 aliphatic carbocycles. The van der Waals surface area contributed by atoms with Gasteiger partial charge in [-0.25, -0.2) is 0 Å². The summed E-state index contributed by atoms with van der Waals surface area (Å²) in [7, 11) is 0. The van der Waals surface area contributed by atoms with E-state index in [0.717, 1.165) is 17.8 Å². The Labute approximate surface area is 82.1 Å². The monoisotopic (exact) mass is 186 g/mol. The smallest absolute Gasteiger partial charge is 0.184 e. The van der Waals surface area contributed by atoms with Gasteiger partial charge in [0.25, 0.3) is 0 Å². The molecule has 2 aliphatic rings. The number of hydrogen-bond donors (Lipinski definition) is 0. The van der Waals surface area contributed by atoms with Crippen molar-refractivity contribution in [1.82, 2.24) is 0 Å². The maximum atomic E-state index is 11.6. The average molecular weight is 186 g/mol. The van der Waals surface area contributed by atoms with E-state index in [9.17, 15) is 4.79 Å². The lowest BCUT2D eigenvalue weighted by atomic mass is 10.1. The molecule has 3 rings (SSSR count). The topological polar surface area (TPSA) is 32.7 Å². The van der Waals surface area contributed by atoms with Crippen molar-refractivity contribution in [1.29, 1.82) is 0 Å². The lowest BCUT2D eigenvalue weighted by Crippen LogP contribution is -2.24. The SMILES string of the molecule is O=C1CN2CC=NCc3cccc1c32. The first-order valence-electron chi connectivity index (χ1n) is 4.74. The predicted molar refractivity (Wildman–Crippen MR) is 55.2 cm³/mol. The molecular formula is C11H10N2O. The fourth-order valence-corrected chi connectivity index (χ4v) is 2.13. The van der Waals surface area contributed by atoms with E-state index in [1.807, 2.05) is 24.4 Å². The third-order valence-corrected chi connectivity index (χ3v) is 2.76. The van der Waals surface area contributed by atoms with Crippen molar-refractivity contribution in [2.75, 3.05) is 18.0 Å². The standard InChI is InChI=1S/C11H10N2O/c14-10-7-13-5-4-12-6-8-2-1-3-9(10)11(8)13/h1-4H,5-7H2. The second-order valence-corrected chi connectivity index (χ2v) is 3.64. The Morgan fingerprint density at radius 3 is 3.21 bits per heavy atom. The van der Waals surface area contributed by atoms with Gasteiger partial charge in [-0.15, -0.1) is 0 Å². The summed E-state index contributed by atoms with van der Waals surface area (Å²) in [6.07, 6.45) is 1.89. The van der Waals surface area contributed by atoms with Crippen molar-refractivity contribution in [3.63, 3.8) is 0 Å². The highest BCUT2D eigenvalue weighted by Gasteiger charge is 2.28. The molecule has 0 saturated carbocycles. The van der Waals surface area contributed by atoms with E-state index in [0.29, 0.717) is 13.1 Å². The fourth-order valence-electron chi connectivity index (χ4n) is 2.13. The summed E-state index contributed by atoms with van der Waals surface area (Å²) in [6.45, 7) is 1.97. The van der Waals surface area contributed by atoms with Crippen LogP contribution in [0.2, 0.25) is 0 Å². The number of carbonyl (C=O) groups excluding carboxylic acids is 1. The van der Waals surface area contributed by atoms with Crippen LogP contribution in [0, 0.1) is 0 Å². The molecule has 0 amide bonds. The van der Waals surface area contributed by atoms with Crippen LogP contribution in [0.5, 0.6) is 0 Å². The van der Waals surface area contributed by atoms with Gasteiger partial charge in [0.1, 0.15) is 0 Å². The number of rotatable bonds is 0. The second kappa shape index (κ2) is 2.67. The minimum absolute atomic E-state index is 0.233. The summed E-state index contributed by atoms with van der Waals surface area (Å²) in [5.41, 5.74) is 3.14. The highest BCUT2D eigenvalue weighted by atomic mass is 16.1. The predicted octanol–water partition coefficient (Wildman–Crippen LogP) is 1.27. The lowest BCUT2D eigenvalue weighted by molar-refractivity contribution is 0.101. The van der Waals surface area contributed by atoms with Gasteiger partial charge >= 0.3 is 0 Å². The van der Waals surface area contributed by atoms with E-state index in [1.54, 1.807) is 0 Å². The Morgan fingerprint density at radius 1 is 1.36 bits per heavy atom. The fraction of sp³-hybridized carbons (Fsp3) is 0.273. The largest absolute Gasteiger partial charge is 0.358 e. The van der Waals surface area contributed by atoms with Crippen molar-refractivity contribution in [2.24, 2.45) is 4.99 Å². The highest BCUT2D eigenvalue weighted by molar-refractivity contribution is 6.09. The molecule has 0 unspecified atom stereocenters. The number of Topliss-reactive ketones (excluding diaryl/α,β-unsaturated/α-hetero) is 1. The van der Waals surface area contributed by atoms with Crippen molar-refractivity contribution >= 4 is 17.7 Å². The summed E-state index contributed by atoms with van der Waals surface area (Å²) >= 11 is 0. The molecule has 0 saturated heterocycles. The van der Waals surface area contributed by atoms with Crippen LogP contribution >= 0.6 is 0 Å². The zero-order chi connectivity index (χ0) is 9.54. The highest BCUT2D eigenvalue weighted by Crippen LogP contribution is 2.32. The molecule has 0 radical (unpaired) electrons. The zero-order valence-electron chi connectivity index (χ0n) is 7.73. The molecule has 0 bridgehead atoms. The molecule has 0 atom stereocenters. The van der Waals surface area contributed by atoms with Crippen LogP contribution in [0.15, 0.2) is 23.2 Å². The van der Waals surface area contributed by atoms with Gasteiger partial charge in [-0.2, -0.15) is 0 Å². The number of benzene rings is 1. The first kappa shape index (κ1) is 7.74. The third-order valence-electron chi connectivity index (χ3n) is 2.76. The minimum Gasteiger partial charge on any atom is -0.358 e. The molecule has 0 spiro atoms. The summed E-state index contributed by atoms with van der Waals surface area (Å²) in [5, 5.41) is 0. The molecular weight excluding hydrogens is 176 g/mol. The molecule has 0 fully saturated rings. The maximum absolute atomic E-state index is 11.6. The Morgan fingerprint density at radius 2 is 2.29 bits per heavy atom. The van der Waals surface area contributed by atoms with Crippen LogP contribution in [-0.2, 0) is 6.54 Å². The van der Waals surface area contributed by atoms with E-state index in [4.69, 9.17) is 0 Å². The number of carbonyl (C=O) groups is 1. The van der Waals surface area contributed by atoms with Gasteiger partial charge in [0.15, 0.2) is 5.78 Å². The molecule has 1 aromatic carbocycles. The molecule has 14 heavy (non-hydrogen) atoms. The van der Waals surface area contributed by atoms with E-state index >= 15 is 0 Å². The first-order valence-corrected chi connectivity index (χ1v) is 4.74. The van der Waals surface area contributed by atoms with Crippen LogP contribution < -0.4 is 4.90 Å². The van der Waals surface area contributed by atoms with Gasteiger partial charge in [-0.05, 0) is 11.6 Å². The van der Waals surface area contributed by atoms with Crippen molar-refractivity contribution in [2.45, 2.75) is 6.54 Å². The molecule has 3 heteroatoms. The van der Waals surface area contributed by atoms with Crippen molar-refractivity contribution in [3.8, 4) is 0 Å². The zero-order valence-corrected chi connectivity index (χ0v) is 7.73. The normalized spacial score (nSPS) is 18.3. The quantitative estimate of drug-likeness (QED) is 0.611. The third kappa shape index (κ3) is 0.923. The Bertz CT molecular complexity index is 437. The van der Waals surface area contributed by atoms with Crippen LogP contribution in [0.25, 0.3) is 0 Å². The van der Waals surface area contributed by atoms with Gasteiger partial charge in [0.05, 0.1) is 25.3 Å². The molecule has 3 nitrogen and oxygen atoms in total. The van der Waals surface area contributed by atoms with Gasteiger partial charge in [0, 0.05) is 11.8 Å². The number of ketones is 1. The number of para-hydroxylation sites is 1. The van der Waals surface area contributed by atoms with Gasteiger partial charge in [-0.1, -0.05) is 12.1 Å². The van der Waals surface area contributed by atoms with Crippen LogP contribution in [0.4, 0.5) is 5.69 Å². The second-order valence-electron chi connectivity index (χ2n) is 3.64. The van der Waals surface area contributed by atoms with Crippen LogP contribution in [0.1, 0.15) is 15.9 Å². The van der Waals surface area contributed by atoms with E-state index in [-0.39, 0.29) is 5.78 Å². The summed E-state index contributed by atoms with van der Waals surface area (Å²) in [6, 6.07) is 5.90. The van der Waals surface area contributed by atoms with Crippen LogP contribution in [0.3, 0.4) is 0 Å². The molecule has 0 aromatic heterocycles. The summed E-state index contributed by atoms with van der Waals surface area (Å²) in [5.74, 6) is 0.233. The van der Waals surface area contributed by atoms with Gasteiger partial charge in [-0.3, -0.25) is 9.79 Å². The van der Waals surface area contributed by atoms with Crippen LogP contribution in [-0.4, -0.2) is 25.1 Å². The average Bonchev–Trinajstić information content (AvgIpc) is 2.41. The summed E-state index contributed by atoms with van der Waals surface area (Å²) in [4.78, 5) is 18.0. The minimum atomic E-state index is 0.233. The molecule has 2 aliphatic heterocycles. The van der Waals surface area contributed by atoms with Crippen molar-refractivity contribution in [3.05, 3.63) is 29.3 Å². The van der Waals surface area contributed by atoms with E-state index in [2.05, 4.69) is 9.89 Å². The van der Waals surface area contributed by atoms with Gasteiger partial charge < -0.3 is 4.90 Å². The lowest BCUT2D eigenvalue weighted by Gasteiger charge is -2.15. The first-order chi connectivity index (χ1) is 6.86. The Kier molecular flexibility index (Phi) is 1.48. The van der Waals surface area contributed by atoms with E-state index in [1.165, 1.54) is 5.56 Å². The molecule has 0 N–H and O–H groups in total. The Balaban J connectivity index is 2.25. The Hall–Kier alpha value is -1.64. The summed E-state index contributed by atoms with van der Waals surface area (Å²) < 4.78 is 0. The molecule has 2 heterocycles. The number of anilines is 1. The van der Waals surface area contributed by atoms with Gasteiger partial charge in [0.2, 0.25) is 0 Å². The van der Waals surface area contributed by atoms with E-state index < -0.39 is 0 Å². The molecule has 70 valence electrons. The van der Waals surface area contributed by atoms with Crippen molar-refractivity contribution < 1.29 is 4.79 Å². The number of aliphatic imine (C=N–C) groups is 1. The number of hydrogen-bond acceptors (Lipinski definition) is 3. The maximum Gasteiger partial charge on any atom is 0.184 e. The number of nitrogens with zero attached hydrogens (tertiary/aromatic N) is 2. The molecule has 1 aromatic rings.